The second-order valence-corrected chi connectivity index (χ2v) is 13.8. The van der Waals surface area contributed by atoms with Crippen LogP contribution in [0.5, 0.6) is 0 Å². The van der Waals surface area contributed by atoms with Crippen molar-refractivity contribution in [3.63, 3.8) is 0 Å². The molecule has 0 aromatic heterocycles. The predicted molar refractivity (Wildman–Crippen MR) is 183 cm³/mol. The Morgan fingerprint density at radius 3 is 2.20 bits per heavy atom. The lowest BCUT2D eigenvalue weighted by Crippen LogP contribution is -2.53. The van der Waals surface area contributed by atoms with Gasteiger partial charge >= 0.3 is 5.30 Å². The molecular weight excluding hydrogens is 681 g/mol. The first-order valence-electron chi connectivity index (χ1n) is 16.0. The van der Waals surface area contributed by atoms with Gasteiger partial charge in [0.25, 0.3) is 21.9 Å². The molecule has 4 N–H and O–H groups in total. The largest absolute Gasteiger partial charge is 0.453 e. The second kappa shape index (κ2) is 20.7. The fourth-order valence-electron chi connectivity index (χ4n) is 4.81. The summed E-state index contributed by atoms with van der Waals surface area (Å²) in [4.78, 5) is 74.3. The average Bonchev–Trinajstić information content (AvgIpc) is 3.34. The molecule has 49 heavy (non-hydrogen) atoms. The summed E-state index contributed by atoms with van der Waals surface area (Å²) in [5, 5.41) is 7.39. The van der Waals surface area contributed by atoms with Gasteiger partial charge in [0.05, 0.1) is 5.75 Å². The molecule has 0 saturated heterocycles. The van der Waals surface area contributed by atoms with Crippen molar-refractivity contribution < 1.29 is 51.2 Å². The molecule has 1 aromatic rings. The minimum Gasteiger partial charge on any atom is -0.453 e. The van der Waals surface area contributed by atoms with Crippen LogP contribution >= 0.6 is 12.6 Å². The number of unbranched alkanes of at least 4 members (excludes halogenated alkanes) is 2. The van der Waals surface area contributed by atoms with E-state index in [9.17, 15) is 37.2 Å². The van der Waals surface area contributed by atoms with E-state index in [0.29, 0.717) is 50.0 Å². The SMILES string of the molecule is CC(C)[C@H](NC(=O)CCCCCN1C(=O)C=CC1=O)C(=O)N[C@@H](C)C(=O)Nc1ccc(COC(=O)S)c(CCCOCCCS(=O)(=O)O)c1. The van der Waals surface area contributed by atoms with Gasteiger partial charge in [0, 0.05) is 44.0 Å². The number of rotatable bonds is 22. The Morgan fingerprint density at radius 1 is 0.898 bits per heavy atom. The van der Waals surface area contributed by atoms with Crippen LogP contribution in [0.2, 0.25) is 0 Å². The first-order valence-corrected chi connectivity index (χ1v) is 18.1. The molecule has 0 fully saturated rings. The Hall–Kier alpha value is -3.80. The quantitative estimate of drug-likeness (QED) is 0.0385. The van der Waals surface area contributed by atoms with E-state index >= 15 is 0 Å². The molecule has 5 amide bonds. The molecule has 0 aliphatic carbocycles. The molecular formula is C32H46N4O11S2. The molecule has 272 valence electrons. The zero-order valence-corrected chi connectivity index (χ0v) is 29.6. The van der Waals surface area contributed by atoms with Crippen molar-refractivity contribution in [1.29, 1.82) is 0 Å². The van der Waals surface area contributed by atoms with Crippen LogP contribution < -0.4 is 16.0 Å². The molecule has 1 heterocycles. The number of carbonyl (C=O) groups is 6. The highest BCUT2D eigenvalue weighted by Crippen LogP contribution is 2.20. The molecule has 0 radical (unpaired) electrons. The minimum absolute atomic E-state index is 0.0474. The van der Waals surface area contributed by atoms with Crippen molar-refractivity contribution in [1.82, 2.24) is 15.5 Å². The monoisotopic (exact) mass is 726 g/mol. The number of nitrogens with one attached hydrogen (secondary N) is 3. The average molecular weight is 727 g/mol. The summed E-state index contributed by atoms with van der Waals surface area (Å²) in [7, 11) is -4.05. The zero-order chi connectivity index (χ0) is 36.6. The lowest BCUT2D eigenvalue weighted by molar-refractivity contribution is -0.137. The van der Waals surface area contributed by atoms with Gasteiger partial charge in [0.2, 0.25) is 17.7 Å². The van der Waals surface area contributed by atoms with Crippen molar-refractivity contribution in [2.45, 2.75) is 84.4 Å². The summed E-state index contributed by atoms with van der Waals surface area (Å²) in [5.41, 5.74) is 1.86. The third kappa shape index (κ3) is 16.0. The number of nitrogens with zero attached hydrogens (tertiary/aromatic N) is 1. The lowest BCUT2D eigenvalue weighted by atomic mass is 10.0. The molecule has 0 bridgehead atoms. The molecule has 15 nitrogen and oxygen atoms in total. The molecule has 1 aromatic carbocycles. The Bertz CT molecular complexity index is 1460. The van der Waals surface area contributed by atoms with Crippen molar-refractivity contribution >= 4 is 63.3 Å². The lowest BCUT2D eigenvalue weighted by Gasteiger charge is -2.24. The van der Waals surface area contributed by atoms with Crippen molar-refractivity contribution in [3.8, 4) is 0 Å². The topological polar surface area (TPSA) is 215 Å². The first-order chi connectivity index (χ1) is 23.1. The number of amides is 5. The van der Waals surface area contributed by atoms with Gasteiger partial charge in [-0.1, -0.05) is 39.0 Å². The number of hydrogen-bond acceptors (Lipinski definition) is 10. The summed E-state index contributed by atoms with van der Waals surface area (Å²) >= 11 is 3.62. The van der Waals surface area contributed by atoms with Crippen LogP contribution in [0.25, 0.3) is 0 Å². The first kappa shape index (κ1) is 41.4. The maximum absolute atomic E-state index is 13.1. The van der Waals surface area contributed by atoms with Gasteiger partial charge in [-0.3, -0.25) is 33.4 Å². The minimum atomic E-state index is -4.05. The Kier molecular flexibility index (Phi) is 17.4. The molecule has 0 saturated carbocycles. The van der Waals surface area contributed by atoms with Crippen LogP contribution in [0.4, 0.5) is 10.5 Å². The van der Waals surface area contributed by atoms with Gasteiger partial charge in [0.15, 0.2) is 0 Å². The van der Waals surface area contributed by atoms with Gasteiger partial charge in [-0.15, -0.1) is 0 Å². The number of carbonyl (C=O) groups excluding carboxylic acids is 6. The number of aryl methyl sites for hydroxylation is 1. The number of imide groups is 1. The van der Waals surface area contributed by atoms with E-state index in [-0.39, 0.29) is 56.2 Å². The highest BCUT2D eigenvalue weighted by molar-refractivity contribution is 7.96. The normalized spacial score (nSPS) is 14.1. The van der Waals surface area contributed by atoms with E-state index < -0.39 is 45.1 Å². The summed E-state index contributed by atoms with van der Waals surface area (Å²) in [6.07, 6.45) is 5.41. The van der Waals surface area contributed by atoms with Crippen molar-refractivity contribution in [3.05, 3.63) is 41.5 Å². The highest BCUT2D eigenvalue weighted by atomic mass is 32.2. The number of thiol groups is 1. The number of hydrogen-bond donors (Lipinski definition) is 5. The maximum atomic E-state index is 13.1. The maximum Gasteiger partial charge on any atom is 0.364 e. The highest BCUT2D eigenvalue weighted by Gasteiger charge is 2.27. The summed E-state index contributed by atoms with van der Waals surface area (Å²) in [6, 6.07) is 3.18. The molecule has 2 rings (SSSR count). The van der Waals surface area contributed by atoms with Crippen molar-refractivity contribution in [2.75, 3.05) is 30.8 Å². The smallest absolute Gasteiger partial charge is 0.364 e. The van der Waals surface area contributed by atoms with Crippen LogP contribution in [0.3, 0.4) is 0 Å². The van der Waals surface area contributed by atoms with Crippen molar-refractivity contribution in [2.24, 2.45) is 5.92 Å². The van der Waals surface area contributed by atoms with E-state index in [1.54, 1.807) is 32.0 Å². The summed E-state index contributed by atoms with van der Waals surface area (Å²) < 4.78 is 40.9. The third-order valence-electron chi connectivity index (χ3n) is 7.45. The van der Waals surface area contributed by atoms with E-state index in [4.69, 9.17) is 14.0 Å². The molecule has 1 aliphatic heterocycles. The van der Waals surface area contributed by atoms with Gasteiger partial charge in [-0.05, 0) is 68.2 Å². The van der Waals surface area contributed by atoms with Crippen LogP contribution in [0.15, 0.2) is 30.4 Å². The number of anilines is 1. The molecule has 17 heteroatoms. The van der Waals surface area contributed by atoms with Crippen LogP contribution in [0.1, 0.15) is 70.4 Å². The predicted octanol–water partition coefficient (Wildman–Crippen LogP) is 2.55. The number of ether oxygens (including phenoxy) is 2. The van der Waals surface area contributed by atoms with Gasteiger partial charge in [-0.2, -0.15) is 8.42 Å². The number of benzene rings is 1. The van der Waals surface area contributed by atoms with E-state index in [1.165, 1.54) is 19.1 Å². The summed E-state index contributed by atoms with van der Waals surface area (Å²) in [6.45, 7) is 5.73. The van der Waals surface area contributed by atoms with E-state index in [0.717, 1.165) is 10.5 Å². The molecule has 0 unspecified atom stereocenters. The Balaban J connectivity index is 1.88. The molecule has 0 spiro atoms. The van der Waals surface area contributed by atoms with Crippen LogP contribution in [-0.4, -0.2) is 90.3 Å². The fourth-order valence-corrected chi connectivity index (χ4v) is 5.36. The van der Waals surface area contributed by atoms with E-state index in [1.807, 2.05) is 0 Å². The van der Waals surface area contributed by atoms with E-state index in [2.05, 4.69) is 28.6 Å². The second-order valence-electron chi connectivity index (χ2n) is 11.9. The fraction of sp³-hybridized carbons (Fsp3) is 0.562. The zero-order valence-electron chi connectivity index (χ0n) is 27.9. The Labute approximate surface area is 292 Å². The molecule has 2 atom stereocenters. The summed E-state index contributed by atoms with van der Waals surface area (Å²) in [5.74, 6) is -2.72. The van der Waals surface area contributed by atoms with Gasteiger partial charge in [0.1, 0.15) is 18.7 Å². The van der Waals surface area contributed by atoms with Gasteiger partial charge < -0.3 is 25.4 Å². The Morgan fingerprint density at radius 2 is 1.57 bits per heavy atom. The third-order valence-corrected chi connectivity index (χ3v) is 8.39. The van der Waals surface area contributed by atoms with Crippen LogP contribution in [-0.2, 0) is 56.6 Å². The van der Waals surface area contributed by atoms with Crippen LogP contribution in [0, 0.1) is 5.92 Å². The standard InChI is InChI=1S/C32H46N4O11S2/c1-21(2)29(35-26(37)10-5-4-6-15-36-27(38)13-14-28(36)39)31(41)33-22(3)30(40)34-25-12-11-24(20-47-32(42)48)23(19-25)9-7-16-46-17-8-18-49(43,44)45/h11-14,19,21-22,29H,4-10,15-18,20H2,1-3H3,(H,33,41)(H,34,40)(H,35,37)(H,42,48)(H,43,44,45)/t22-,29-/m0/s1. The van der Waals surface area contributed by atoms with Gasteiger partial charge in [-0.25, -0.2) is 4.79 Å². The molecule has 1 aliphatic rings.